The summed E-state index contributed by atoms with van der Waals surface area (Å²) >= 11 is 0. The van der Waals surface area contributed by atoms with E-state index in [4.69, 9.17) is 9.47 Å². The minimum atomic E-state index is -1.31. The van der Waals surface area contributed by atoms with Crippen LogP contribution in [0.5, 0.6) is 5.75 Å². The smallest absolute Gasteiger partial charge is 0.265 e. The van der Waals surface area contributed by atoms with Crippen LogP contribution in [0, 0.1) is 5.82 Å². The maximum absolute atomic E-state index is 15.4. The molecule has 1 saturated heterocycles. The van der Waals surface area contributed by atoms with Gasteiger partial charge in [-0.2, -0.15) is 0 Å². The first kappa shape index (κ1) is 29.1. The van der Waals surface area contributed by atoms with Crippen molar-refractivity contribution in [1.29, 1.82) is 0 Å². The van der Waals surface area contributed by atoms with Crippen molar-refractivity contribution in [2.45, 2.75) is 44.9 Å². The molecule has 0 atom stereocenters. The Hall–Kier alpha value is -4.58. The van der Waals surface area contributed by atoms with Crippen molar-refractivity contribution in [2.24, 2.45) is 0 Å². The number of anilines is 1. The van der Waals surface area contributed by atoms with Crippen LogP contribution in [0.25, 0.3) is 33.5 Å². The molecule has 0 bridgehead atoms. The van der Waals surface area contributed by atoms with E-state index in [1.54, 1.807) is 26.1 Å². The number of halogens is 1. The molecule has 5 heterocycles. The number of hydrogen-bond acceptors (Lipinski definition) is 7. The summed E-state index contributed by atoms with van der Waals surface area (Å²) in [4.78, 5) is 27.9. The molecule has 232 valence electrons. The molecule has 3 aromatic heterocycles. The first-order chi connectivity index (χ1) is 21.7. The first-order valence-electron chi connectivity index (χ1n) is 15.1. The van der Waals surface area contributed by atoms with Crippen LogP contribution in [0.1, 0.15) is 54.2 Å². The summed E-state index contributed by atoms with van der Waals surface area (Å²) in [6.07, 6.45) is 7.48. The number of carbonyl (C=O) groups excluding carboxylic acids is 1. The summed E-state index contributed by atoms with van der Waals surface area (Å²) in [6.45, 7) is 4.44. The lowest BCUT2D eigenvalue weighted by molar-refractivity contribution is 0.0695. The number of imidazole rings is 1. The van der Waals surface area contributed by atoms with E-state index in [-0.39, 0.29) is 31.1 Å². The van der Waals surface area contributed by atoms with Gasteiger partial charge >= 0.3 is 0 Å². The highest BCUT2D eigenvalue weighted by molar-refractivity contribution is 6.09. The normalized spacial score (nSPS) is 16.1. The van der Waals surface area contributed by atoms with Crippen LogP contribution in [-0.2, 0) is 16.9 Å². The highest BCUT2D eigenvalue weighted by Crippen LogP contribution is 2.39. The molecule has 3 N–H and O–H groups in total. The molecule has 5 aromatic rings. The zero-order valence-corrected chi connectivity index (χ0v) is 25.1. The Labute approximate surface area is 259 Å². The average molecular weight is 612 g/mol. The van der Waals surface area contributed by atoms with E-state index in [9.17, 15) is 15.0 Å². The van der Waals surface area contributed by atoms with Crippen LogP contribution in [0.3, 0.4) is 0 Å². The number of pyridine rings is 1. The van der Waals surface area contributed by atoms with E-state index < -0.39 is 17.3 Å². The molecular weight excluding hydrogens is 577 g/mol. The third kappa shape index (κ3) is 5.26. The molecule has 7 rings (SSSR count). The number of aromatic amines is 1. The van der Waals surface area contributed by atoms with E-state index in [1.807, 2.05) is 36.8 Å². The van der Waals surface area contributed by atoms with Crippen LogP contribution < -0.4 is 9.64 Å². The van der Waals surface area contributed by atoms with Crippen LogP contribution in [0.15, 0.2) is 61.2 Å². The fraction of sp³-hybridized carbons (Fsp3) is 0.324. The molecule has 2 aliphatic rings. The summed E-state index contributed by atoms with van der Waals surface area (Å²) in [5, 5.41) is 21.9. The Balaban J connectivity index is 1.27. The van der Waals surface area contributed by atoms with E-state index in [2.05, 4.69) is 19.5 Å². The molecule has 10 nitrogen and oxygen atoms in total. The van der Waals surface area contributed by atoms with E-state index in [1.165, 1.54) is 11.0 Å². The molecule has 0 aliphatic carbocycles. The second kappa shape index (κ2) is 11.4. The van der Waals surface area contributed by atoms with Gasteiger partial charge in [0.1, 0.15) is 35.1 Å². The van der Waals surface area contributed by atoms with Gasteiger partial charge in [-0.3, -0.25) is 4.79 Å². The molecule has 2 aromatic carbocycles. The Morgan fingerprint density at radius 2 is 1.91 bits per heavy atom. The number of aliphatic hydroxyl groups is 2. The van der Waals surface area contributed by atoms with Crippen LogP contribution in [0.4, 0.5) is 10.1 Å². The number of aromatic nitrogens is 4. The third-order valence-electron chi connectivity index (χ3n) is 8.70. The standard InChI is InChI=1S/C34H34FN5O5/c1-34(2,43)20-14-26(35)31-30(15-20)45-13-10-40(33(31)42)29-5-3-4-22(25(29)18-41)23-6-9-36-32-24(23)16-27(38-32)28-17-39(19-37-28)21-7-11-44-12-8-21/h3-6,9,14-17,19,21,41,43H,7-8,10-13,18H2,1-2H3,(H,36,38). The van der Waals surface area contributed by atoms with Gasteiger partial charge < -0.3 is 34.1 Å². The van der Waals surface area contributed by atoms with Crippen molar-refractivity contribution in [2.75, 3.05) is 31.3 Å². The molecular formula is C34H34FN5O5. The highest BCUT2D eigenvalue weighted by Gasteiger charge is 2.32. The number of aliphatic hydroxyl groups excluding tert-OH is 1. The number of nitrogens with one attached hydrogen (secondary N) is 1. The Morgan fingerprint density at radius 1 is 1.09 bits per heavy atom. The zero-order chi connectivity index (χ0) is 31.3. The average Bonchev–Trinajstić information content (AvgIpc) is 3.66. The number of nitrogens with zero attached hydrogens (tertiary/aromatic N) is 4. The number of hydrogen-bond donors (Lipinski definition) is 3. The lowest BCUT2D eigenvalue weighted by Gasteiger charge is -2.25. The Kier molecular flexibility index (Phi) is 7.39. The van der Waals surface area contributed by atoms with Gasteiger partial charge in [-0.05, 0) is 73.7 Å². The van der Waals surface area contributed by atoms with Crippen molar-refractivity contribution >= 4 is 22.6 Å². The summed E-state index contributed by atoms with van der Waals surface area (Å²) in [7, 11) is 0. The number of H-pyrrole nitrogens is 1. The van der Waals surface area contributed by atoms with Crippen molar-refractivity contribution < 1.29 is 28.9 Å². The summed E-state index contributed by atoms with van der Waals surface area (Å²) in [6, 6.07) is 12.3. The molecule has 2 aliphatic heterocycles. The SMILES string of the molecule is CC(C)(O)c1cc(F)c2c(c1)OCCN(c1cccc(-c3ccnc4[nH]c(-c5cn(C6CCOCC6)cn5)cc34)c1CO)C2=O. The van der Waals surface area contributed by atoms with Crippen molar-refractivity contribution in [3.05, 3.63) is 83.7 Å². The maximum Gasteiger partial charge on any atom is 0.265 e. The predicted molar refractivity (Wildman–Crippen MR) is 167 cm³/mol. The fourth-order valence-electron chi connectivity index (χ4n) is 6.27. The zero-order valence-electron chi connectivity index (χ0n) is 25.1. The highest BCUT2D eigenvalue weighted by atomic mass is 19.1. The number of carbonyl (C=O) groups is 1. The van der Waals surface area contributed by atoms with E-state index in [0.29, 0.717) is 28.5 Å². The van der Waals surface area contributed by atoms with Crippen LogP contribution >= 0.6 is 0 Å². The summed E-state index contributed by atoms with van der Waals surface area (Å²) in [5.74, 6) is -1.28. The van der Waals surface area contributed by atoms with Gasteiger partial charge in [-0.25, -0.2) is 14.4 Å². The maximum atomic E-state index is 15.4. The van der Waals surface area contributed by atoms with Gasteiger partial charge in [0.15, 0.2) is 0 Å². The molecule has 11 heteroatoms. The van der Waals surface area contributed by atoms with Crippen molar-refractivity contribution in [3.63, 3.8) is 0 Å². The lowest BCUT2D eigenvalue weighted by atomic mass is 9.95. The van der Waals surface area contributed by atoms with Crippen LogP contribution in [0.2, 0.25) is 0 Å². The number of benzene rings is 2. The first-order valence-corrected chi connectivity index (χ1v) is 15.1. The fourth-order valence-corrected chi connectivity index (χ4v) is 6.27. The monoisotopic (exact) mass is 611 g/mol. The molecule has 1 fully saturated rings. The quantitative estimate of drug-likeness (QED) is 0.237. The van der Waals surface area contributed by atoms with Crippen molar-refractivity contribution in [3.8, 4) is 28.3 Å². The number of fused-ring (bicyclic) bond motifs is 2. The largest absolute Gasteiger partial charge is 0.491 e. The number of rotatable bonds is 6. The van der Waals surface area contributed by atoms with E-state index in [0.717, 1.165) is 60.0 Å². The molecule has 0 radical (unpaired) electrons. The van der Waals surface area contributed by atoms with Gasteiger partial charge in [0, 0.05) is 42.6 Å². The summed E-state index contributed by atoms with van der Waals surface area (Å²) < 4.78 is 28.9. The van der Waals surface area contributed by atoms with Gasteiger partial charge in [0.2, 0.25) is 0 Å². The minimum Gasteiger partial charge on any atom is -0.491 e. The lowest BCUT2D eigenvalue weighted by Crippen LogP contribution is -2.33. The molecule has 0 unspecified atom stereocenters. The third-order valence-corrected chi connectivity index (χ3v) is 8.70. The van der Waals surface area contributed by atoms with Gasteiger partial charge in [-0.1, -0.05) is 12.1 Å². The van der Waals surface area contributed by atoms with E-state index >= 15 is 4.39 Å². The second-order valence-corrected chi connectivity index (χ2v) is 12.0. The van der Waals surface area contributed by atoms with Gasteiger partial charge in [0.25, 0.3) is 5.91 Å². The molecule has 0 saturated carbocycles. The van der Waals surface area contributed by atoms with Crippen LogP contribution in [-0.4, -0.2) is 62.0 Å². The van der Waals surface area contributed by atoms with Gasteiger partial charge in [-0.15, -0.1) is 0 Å². The molecule has 45 heavy (non-hydrogen) atoms. The Bertz CT molecular complexity index is 1900. The Morgan fingerprint density at radius 3 is 2.69 bits per heavy atom. The summed E-state index contributed by atoms with van der Waals surface area (Å²) in [5.41, 5.74) is 3.56. The predicted octanol–water partition coefficient (Wildman–Crippen LogP) is 5.34. The topological polar surface area (TPSA) is 126 Å². The minimum absolute atomic E-state index is 0.0799. The molecule has 0 spiro atoms. The number of amides is 1. The van der Waals surface area contributed by atoms with Crippen molar-refractivity contribution in [1.82, 2.24) is 19.5 Å². The number of ether oxygens (including phenoxy) is 2. The second-order valence-electron chi connectivity index (χ2n) is 12.0. The molecule has 1 amide bonds. The van der Waals surface area contributed by atoms with Gasteiger partial charge in [0.05, 0.1) is 36.5 Å².